The number of aromatic nitrogens is 2. The normalized spacial score (nSPS) is 14.0. The number of nitrogens with zero attached hydrogens (tertiary/aromatic N) is 2. The SMILES string of the molecule is COc1ccc(Cl)cc1C(=O)NCCn1nc(C(F)(F)F)c2c1CCCC2. The molecule has 0 atom stereocenters. The minimum Gasteiger partial charge on any atom is -0.496 e. The molecular weight excluding hydrogens is 383 g/mol. The summed E-state index contributed by atoms with van der Waals surface area (Å²) in [4.78, 5) is 12.4. The van der Waals surface area contributed by atoms with Crippen molar-refractivity contribution in [3.05, 3.63) is 45.7 Å². The molecule has 0 saturated heterocycles. The summed E-state index contributed by atoms with van der Waals surface area (Å²) in [5.74, 6) is -0.0425. The standard InChI is InChI=1S/C18H19ClF3N3O2/c1-27-15-7-6-11(19)10-13(15)17(26)23-8-9-25-14-5-3-2-4-12(14)16(24-25)18(20,21)22/h6-7,10H,2-5,8-9H2,1H3,(H,23,26). The number of amides is 1. The molecular formula is C18H19ClF3N3O2. The predicted octanol–water partition coefficient (Wildman–Crippen LogP) is 3.87. The van der Waals surface area contributed by atoms with E-state index in [4.69, 9.17) is 16.3 Å². The monoisotopic (exact) mass is 401 g/mol. The van der Waals surface area contributed by atoms with Gasteiger partial charge in [-0.15, -0.1) is 0 Å². The van der Waals surface area contributed by atoms with Gasteiger partial charge in [-0.3, -0.25) is 9.48 Å². The summed E-state index contributed by atoms with van der Waals surface area (Å²) >= 11 is 5.92. The van der Waals surface area contributed by atoms with Crippen molar-refractivity contribution >= 4 is 17.5 Å². The maximum absolute atomic E-state index is 13.2. The highest BCUT2D eigenvalue weighted by atomic mass is 35.5. The van der Waals surface area contributed by atoms with Crippen LogP contribution in [0.15, 0.2) is 18.2 Å². The summed E-state index contributed by atoms with van der Waals surface area (Å²) in [6, 6.07) is 4.66. The van der Waals surface area contributed by atoms with Gasteiger partial charge >= 0.3 is 6.18 Å². The molecule has 1 aromatic heterocycles. The number of fused-ring (bicyclic) bond motifs is 1. The molecule has 27 heavy (non-hydrogen) atoms. The first-order chi connectivity index (χ1) is 12.8. The van der Waals surface area contributed by atoms with Crippen molar-refractivity contribution in [3.8, 4) is 5.75 Å². The first kappa shape index (κ1) is 19.5. The number of methoxy groups -OCH3 is 1. The Kier molecular flexibility index (Phi) is 5.64. The molecule has 3 rings (SSSR count). The number of nitrogens with one attached hydrogen (secondary N) is 1. The molecule has 1 aromatic carbocycles. The number of benzene rings is 1. The van der Waals surface area contributed by atoms with Crippen LogP contribution in [0.5, 0.6) is 5.75 Å². The number of ether oxygens (including phenoxy) is 1. The van der Waals surface area contributed by atoms with Crippen molar-refractivity contribution in [2.75, 3.05) is 13.7 Å². The molecule has 1 heterocycles. The van der Waals surface area contributed by atoms with Crippen molar-refractivity contribution < 1.29 is 22.7 Å². The van der Waals surface area contributed by atoms with Gasteiger partial charge in [0.25, 0.3) is 5.91 Å². The van der Waals surface area contributed by atoms with Crippen LogP contribution >= 0.6 is 11.6 Å². The van der Waals surface area contributed by atoms with E-state index in [-0.39, 0.29) is 24.2 Å². The fourth-order valence-corrected chi connectivity index (χ4v) is 3.48. The van der Waals surface area contributed by atoms with Crippen molar-refractivity contribution in [2.45, 2.75) is 38.4 Å². The van der Waals surface area contributed by atoms with E-state index >= 15 is 0 Å². The minimum atomic E-state index is -4.47. The predicted molar refractivity (Wildman–Crippen MR) is 94.2 cm³/mol. The molecule has 9 heteroatoms. The average molecular weight is 402 g/mol. The maximum Gasteiger partial charge on any atom is 0.435 e. The lowest BCUT2D eigenvalue weighted by Crippen LogP contribution is -2.28. The van der Waals surface area contributed by atoms with Crippen LogP contribution < -0.4 is 10.1 Å². The Morgan fingerprint density at radius 2 is 2.07 bits per heavy atom. The average Bonchev–Trinajstić information content (AvgIpc) is 3.01. The molecule has 0 aliphatic heterocycles. The van der Waals surface area contributed by atoms with Gasteiger partial charge in [-0.2, -0.15) is 18.3 Å². The molecule has 1 N–H and O–H groups in total. The number of hydrogen-bond donors (Lipinski definition) is 1. The van der Waals surface area contributed by atoms with E-state index in [0.29, 0.717) is 29.3 Å². The molecule has 0 bridgehead atoms. The highest BCUT2D eigenvalue weighted by Gasteiger charge is 2.39. The molecule has 1 aliphatic carbocycles. The third kappa shape index (κ3) is 4.21. The van der Waals surface area contributed by atoms with E-state index in [2.05, 4.69) is 10.4 Å². The Bertz CT molecular complexity index is 849. The highest BCUT2D eigenvalue weighted by Crippen LogP contribution is 2.35. The van der Waals surface area contributed by atoms with Crippen LogP contribution in [0.4, 0.5) is 13.2 Å². The highest BCUT2D eigenvalue weighted by molar-refractivity contribution is 6.31. The van der Waals surface area contributed by atoms with Gasteiger partial charge in [-0.05, 0) is 43.9 Å². The number of rotatable bonds is 5. The number of hydrogen-bond acceptors (Lipinski definition) is 3. The first-order valence-electron chi connectivity index (χ1n) is 8.58. The number of carbonyl (C=O) groups is 1. The first-order valence-corrected chi connectivity index (χ1v) is 8.96. The number of halogens is 4. The molecule has 0 saturated carbocycles. The second-order valence-corrected chi connectivity index (χ2v) is 6.74. The second kappa shape index (κ2) is 7.80. The lowest BCUT2D eigenvalue weighted by atomic mass is 9.95. The second-order valence-electron chi connectivity index (χ2n) is 6.30. The van der Waals surface area contributed by atoms with E-state index < -0.39 is 17.8 Å². The molecule has 146 valence electrons. The Hall–Kier alpha value is -2.22. The summed E-state index contributed by atoms with van der Waals surface area (Å²) in [5, 5.41) is 6.85. The molecule has 5 nitrogen and oxygen atoms in total. The zero-order valence-corrected chi connectivity index (χ0v) is 15.5. The van der Waals surface area contributed by atoms with Gasteiger partial charge in [-0.25, -0.2) is 0 Å². The van der Waals surface area contributed by atoms with E-state index in [9.17, 15) is 18.0 Å². The molecule has 0 radical (unpaired) electrons. The van der Waals surface area contributed by atoms with Crippen molar-refractivity contribution in [2.24, 2.45) is 0 Å². The third-order valence-electron chi connectivity index (χ3n) is 4.54. The van der Waals surface area contributed by atoms with Crippen LogP contribution in [0.25, 0.3) is 0 Å². The van der Waals surface area contributed by atoms with Crippen LogP contribution in [0.1, 0.15) is 40.2 Å². The molecule has 1 aliphatic rings. The Labute approximate surface area is 159 Å². The largest absolute Gasteiger partial charge is 0.496 e. The van der Waals surface area contributed by atoms with Gasteiger partial charge in [0.2, 0.25) is 0 Å². The van der Waals surface area contributed by atoms with E-state index in [0.717, 1.165) is 12.8 Å². The Morgan fingerprint density at radius 3 is 2.78 bits per heavy atom. The molecule has 0 spiro atoms. The van der Waals surface area contributed by atoms with Crippen LogP contribution in [-0.2, 0) is 25.6 Å². The summed E-state index contributed by atoms with van der Waals surface area (Å²) in [7, 11) is 1.44. The topological polar surface area (TPSA) is 56.1 Å². The van der Waals surface area contributed by atoms with Crippen LogP contribution in [0.2, 0.25) is 5.02 Å². The van der Waals surface area contributed by atoms with Crippen molar-refractivity contribution in [3.63, 3.8) is 0 Å². The van der Waals surface area contributed by atoms with Gasteiger partial charge in [0.1, 0.15) is 5.75 Å². The van der Waals surface area contributed by atoms with Gasteiger partial charge in [0.15, 0.2) is 5.69 Å². The maximum atomic E-state index is 13.2. The quantitative estimate of drug-likeness (QED) is 0.827. The Morgan fingerprint density at radius 1 is 1.33 bits per heavy atom. The van der Waals surface area contributed by atoms with E-state index in [1.165, 1.54) is 17.9 Å². The Balaban J connectivity index is 1.72. The van der Waals surface area contributed by atoms with Crippen LogP contribution in [0, 0.1) is 0 Å². The third-order valence-corrected chi connectivity index (χ3v) is 4.78. The van der Waals surface area contributed by atoms with Crippen LogP contribution in [0.3, 0.4) is 0 Å². The zero-order valence-electron chi connectivity index (χ0n) is 14.7. The van der Waals surface area contributed by atoms with Crippen molar-refractivity contribution in [1.82, 2.24) is 15.1 Å². The number of carbonyl (C=O) groups excluding carboxylic acids is 1. The summed E-state index contributed by atoms with van der Waals surface area (Å²) in [6.45, 7) is 0.299. The summed E-state index contributed by atoms with van der Waals surface area (Å²) in [6.07, 6.45) is -1.95. The fraction of sp³-hybridized carbons (Fsp3) is 0.444. The van der Waals surface area contributed by atoms with E-state index in [1.807, 2.05) is 0 Å². The van der Waals surface area contributed by atoms with Crippen molar-refractivity contribution in [1.29, 1.82) is 0 Å². The van der Waals surface area contributed by atoms with Gasteiger partial charge in [-0.1, -0.05) is 11.6 Å². The minimum absolute atomic E-state index is 0.139. The lowest BCUT2D eigenvalue weighted by Gasteiger charge is -2.15. The van der Waals surface area contributed by atoms with Gasteiger partial charge in [0, 0.05) is 22.8 Å². The molecule has 2 aromatic rings. The van der Waals surface area contributed by atoms with Crippen LogP contribution in [-0.4, -0.2) is 29.3 Å². The lowest BCUT2D eigenvalue weighted by molar-refractivity contribution is -0.142. The molecule has 1 amide bonds. The smallest absolute Gasteiger partial charge is 0.435 e. The summed E-state index contributed by atoms with van der Waals surface area (Å²) < 4.78 is 46.1. The summed E-state index contributed by atoms with van der Waals surface area (Å²) in [5.41, 5.74) is 0.364. The molecule has 0 fully saturated rings. The van der Waals surface area contributed by atoms with E-state index in [1.54, 1.807) is 12.1 Å². The van der Waals surface area contributed by atoms with Gasteiger partial charge < -0.3 is 10.1 Å². The fourth-order valence-electron chi connectivity index (χ4n) is 3.31. The van der Waals surface area contributed by atoms with Gasteiger partial charge in [0.05, 0.1) is 19.2 Å². The zero-order chi connectivity index (χ0) is 19.6. The number of alkyl halides is 3. The molecule has 0 unspecified atom stereocenters.